The topological polar surface area (TPSA) is 57.6 Å². The number of piperidine rings is 1. The van der Waals surface area contributed by atoms with Crippen molar-refractivity contribution in [2.45, 2.75) is 12.3 Å². The van der Waals surface area contributed by atoms with Crippen LogP contribution < -0.4 is 0 Å². The molecule has 14 heavy (non-hydrogen) atoms. The van der Waals surface area contributed by atoms with Crippen LogP contribution in [0.25, 0.3) is 0 Å². The van der Waals surface area contributed by atoms with Gasteiger partial charge in [-0.3, -0.25) is 4.79 Å². The molecule has 0 aromatic carbocycles. The van der Waals surface area contributed by atoms with Gasteiger partial charge >= 0.3 is 11.9 Å². The quantitative estimate of drug-likeness (QED) is 0.715. The Labute approximate surface area is 78.5 Å². The Morgan fingerprint density at radius 2 is 2.29 bits per heavy atom. The molecule has 2 rings (SSSR count). The predicted octanol–water partition coefficient (Wildman–Crippen LogP) is 0.185. The number of rotatable bonds is 3. The van der Waals surface area contributed by atoms with Gasteiger partial charge in [0.1, 0.15) is 0 Å². The number of carboxylic acids is 1. The number of amides is 1. The average molecular weight is 205 g/mol. The molecule has 0 aromatic rings. The van der Waals surface area contributed by atoms with Gasteiger partial charge in [0.25, 0.3) is 0 Å². The number of hydrogen-bond donors (Lipinski definition) is 1. The van der Waals surface area contributed by atoms with Gasteiger partial charge in [-0.15, -0.1) is 0 Å². The van der Waals surface area contributed by atoms with Gasteiger partial charge < -0.3 is 10.0 Å². The molecular weight excluding hydrogens is 196 g/mol. The summed E-state index contributed by atoms with van der Waals surface area (Å²) in [5, 5.41) is 8.18. The predicted molar refractivity (Wildman–Crippen MR) is 40.8 cm³/mol. The summed E-state index contributed by atoms with van der Waals surface area (Å²) in [4.78, 5) is 22.3. The number of hydrogen-bond acceptors (Lipinski definition) is 2. The van der Waals surface area contributed by atoms with Crippen molar-refractivity contribution < 1.29 is 23.5 Å². The van der Waals surface area contributed by atoms with Crippen LogP contribution in [-0.4, -0.2) is 40.9 Å². The van der Waals surface area contributed by atoms with Crippen LogP contribution in [-0.2, 0) is 9.59 Å². The van der Waals surface area contributed by atoms with Crippen LogP contribution in [0.5, 0.6) is 0 Å². The number of fused-ring (bicyclic) bond motifs is 1. The van der Waals surface area contributed by atoms with Crippen LogP contribution in [0.2, 0.25) is 0 Å². The highest BCUT2D eigenvalue weighted by Crippen LogP contribution is 2.46. The van der Waals surface area contributed by atoms with Crippen LogP contribution in [0.4, 0.5) is 8.78 Å². The second-order valence-corrected chi connectivity index (χ2v) is 3.83. The van der Waals surface area contributed by atoms with Gasteiger partial charge in [-0.2, -0.15) is 8.78 Å². The first-order valence-electron chi connectivity index (χ1n) is 4.32. The molecule has 2 unspecified atom stereocenters. The molecule has 1 saturated heterocycles. The van der Waals surface area contributed by atoms with E-state index in [1.165, 1.54) is 0 Å². The van der Waals surface area contributed by atoms with Gasteiger partial charge in [-0.05, 0) is 12.3 Å². The van der Waals surface area contributed by atoms with Crippen LogP contribution in [0.15, 0.2) is 0 Å². The lowest BCUT2D eigenvalue weighted by Crippen LogP contribution is -2.44. The molecule has 1 N–H and O–H groups in total. The molecule has 6 heteroatoms. The minimum Gasteiger partial charge on any atom is -0.477 e. The van der Waals surface area contributed by atoms with Gasteiger partial charge in [-0.1, -0.05) is 0 Å². The van der Waals surface area contributed by atoms with Crippen molar-refractivity contribution in [3.05, 3.63) is 0 Å². The van der Waals surface area contributed by atoms with Gasteiger partial charge in [0.15, 0.2) is 0 Å². The zero-order chi connectivity index (χ0) is 10.5. The minimum atomic E-state index is -3.83. The monoisotopic (exact) mass is 205 g/mol. The van der Waals surface area contributed by atoms with Gasteiger partial charge in [0.05, 0.1) is 6.54 Å². The van der Waals surface area contributed by atoms with Gasteiger partial charge in [0.2, 0.25) is 5.91 Å². The molecule has 0 aromatic heterocycles. The zero-order valence-corrected chi connectivity index (χ0v) is 7.24. The van der Waals surface area contributed by atoms with Crippen molar-refractivity contribution in [2.75, 3.05) is 13.1 Å². The third kappa shape index (κ3) is 1.34. The van der Waals surface area contributed by atoms with Gasteiger partial charge in [-0.25, -0.2) is 4.79 Å². The van der Waals surface area contributed by atoms with E-state index in [0.29, 0.717) is 0 Å². The molecule has 1 heterocycles. The zero-order valence-electron chi connectivity index (χ0n) is 7.24. The highest BCUT2D eigenvalue weighted by Gasteiger charge is 2.55. The fourth-order valence-corrected chi connectivity index (χ4v) is 1.81. The largest absolute Gasteiger partial charge is 0.477 e. The Hall–Kier alpha value is -1.20. The molecule has 0 bridgehead atoms. The number of carboxylic acid groups (broad SMARTS) is 1. The van der Waals surface area contributed by atoms with E-state index in [-0.39, 0.29) is 24.3 Å². The number of likely N-dealkylation sites (tertiary alicyclic amines) is 1. The summed E-state index contributed by atoms with van der Waals surface area (Å²) in [5.41, 5.74) is 0. The summed E-state index contributed by atoms with van der Waals surface area (Å²) in [6, 6.07) is 0. The second-order valence-electron chi connectivity index (χ2n) is 3.83. The fourth-order valence-electron chi connectivity index (χ4n) is 1.81. The number of nitrogens with zero attached hydrogens (tertiary/aromatic N) is 1. The average Bonchev–Trinajstić information content (AvgIpc) is 2.75. The summed E-state index contributed by atoms with van der Waals surface area (Å²) in [5.74, 6) is -6.25. The van der Waals surface area contributed by atoms with E-state index in [0.717, 1.165) is 11.3 Å². The normalized spacial score (nSPS) is 30.4. The SMILES string of the molecule is O=C1C2CC2CN1CC(F)(F)C(=O)O. The summed E-state index contributed by atoms with van der Waals surface area (Å²) < 4.78 is 25.4. The van der Waals surface area contributed by atoms with Gasteiger partial charge in [0, 0.05) is 12.5 Å². The summed E-state index contributed by atoms with van der Waals surface area (Å²) >= 11 is 0. The van der Waals surface area contributed by atoms with Crippen LogP contribution in [0.1, 0.15) is 6.42 Å². The van der Waals surface area contributed by atoms with Crippen LogP contribution in [0, 0.1) is 11.8 Å². The number of halogens is 2. The van der Waals surface area contributed by atoms with Crippen molar-refractivity contribution in [1.29, 1.82) is 0 Å². The standard InChI is InChI=1S/C8H9F2NO3/c9-8(10,7(13)14)3-11-2-4-1-5(4)6(11)12/h4-5H,1-3H2,(H,13,14). The third-order valence-corrected chi connectivity index (χ3v) is 2.71. The molecule has 1 saturated carbocycles. The number of carbonyl (C=O) groups is 2. The summed E-state index contributed by atoms with van der Waals surface area (Å²) in [6.45, 7) is -0.708. The minimum absolute atomic E-state index is 0.111. The van der Waals surface area contributed by atoms with Crippen molar-refractivity contribution >= 4 is 11.9 Å². The molecule has 2 atom stereocenters. The highest BCUT2D eigenvalue weighted by molar-refractivity contribution is 5.85. The van der Waals surface area contributed by atoms with Crippen LogP contribution in [0.3, 0.4) is 0 Å². The van der Waals surface area contributed by atoms with Crippen molar-refractivity contribution in [3.63, 3.8) is 0 Å². The van der Waals surface area contributed by atoms with E-state index in [4.69, 9.17) is 5.11 Å². The highest BCUT2D eigenvalue weighted by atomic mass is 19.3. The number of carbonyl (C=O) groups excluding carboxylic acids is 1. The summed E-state index contributed by atoms with van der Waals surface area (Å²) in [7, 11) is 0. The Kier molecular flexibility index (Phi) is 1.77. The molecule has 1 aliphatic carbocycles. The van der Waals surface area contributed by atoms with E-state index in [9.17, 15) is 18.4 Å². The van der Waals surface area contributed by atoms with Crippen molar-refractivity contribution in [2.24, 2.45) is 11.8 Å². The van der Waals surface area contributed by atoms with E-state index in [2.05, 4.69) is 0 Å². The van der Waals surface area contributed by atoms with E-state index in [1.807, 2.05) is 0 Å². The lowest BCUT2D eigenvalue weighted by Gasteiger charge is -2.21. The van der Waals surface area contributed by atoms with E-state index >= 15 is 0 Å². The van der Waals surface area contributed by atoms with Crippen LogP contribution >= 0.6 is 0 Å². The first-order valence-corrected chi connectivity index (χ1v) is 4.32. The maximum Gasteiger partial charge on any atom is 0.376 e. The molecule has 2 aliphatic rings. The second kappa shape index (κ2) is 2.65. The maximum atomic E-state index is 12.7. The Balaban J connectivity index is 1.98. The molecule has 4 nitrogen and oxygen atoms in total. The Morgan fingerprint density at radius 3 is 2.71 bits per heavy atom. The molecule has 78 valence electrons. The molecule has 0 spiro atoms. The summed E-state index contributed by atoms with van der Waals surface area (Å²) in [6.07, 6.45) is 0.772. The Bertz CT molecular complexity index is 305. The van der Waals surface area contributed by atoms with Crippen molar-refractivity contribution in [1.82, 2.24) is 4.90 Å². The first kappa shape index (κ1) is 9.36. The lowest BCUT2D eigenvalue weighted by atomic mass is 10.3. The molecule has 1 aliphatic heterocycles. The lowest BCUT2D eigenvalue weighted by molar-refractivity contribution is -0.168. The third-order valence-electron chi connectivity index (χ3n) is 2.71. The number of aliphatic carboxylic acids is 1. The van der Waals surface area contributed by atoms with Crippen molar-refractivity contribution in [3.8, 4) is 0 Å². The molecular formula is C8H9F2NO3. The maximum absolute atomic E-state index is 12.7. The van der Waals surface area contributed by atoms with E-state index < -0.39 is 18.4 Å². The Morgan fingerprint density at radius 1 is 1.64 bits per heavy atom. The fraction of sp³-hybridized carbons (Fsp3) is 0.750. The smallest absolute Gasteiger partial charge is 0.376 e. The molecule has 0 radical (unpaired) electrons. The number of alkyl halides is 2. The van der Waals surface area contributed by atoms with E-state index in [1.54, 1.807) is 0 Å². The molecule has 1 amide bonds. The molecule has 2 fully saturated rings. The first-order chi connectivity index (χ1) is 6.42.